The molecule has 0 bridgehead atoms. The van der Waals surface area contributed by atoms with Crippen molar-refractivity contribution in [3.63, 3.8) is 0 Å². The van der Waals surface area contributed by atoms with Crippen molar-refractivity contribution in [3.05, 3.63) is 47.8 Å². The zero-order valence-corrected chi connectivity index (χ0v) is 64.2. The molecule has 4 fully saturated rings. The van der Waals surface area contributed by atoms with Gasteiger partial charge in [0, 0.05) is 44.1 Å². The van der Waals surface area contributed by atoms with E-state index in [1.165, 1.54) is 9.80 Å². The third-order valence-electron chi connectivity index (χ3n) is 19.2. The highest BCUT2D eigenvalue weighted by Crippen LogP contribution is 2.29. The standard InChI is InChI=1S/C68H103N21O21S2/c1-5-35(2)52-61(102)81-45(57(98)76-40(27-37-15-7-6-8-16-37)63(104)87-24-12-19-47(87)59(100)77-41(66(107)108)28-51(93)94)33-111-112-34-46(80-54(95)38(74-50(92)29-70)18-11-23-73-68(71)72)58(99)83-53(36(3)91)62(103)75-39(17-9-10-22-69)55(96)79-44(32-90)56(97)78-42(30-86-31-43(84-85-86)67(109)110-4)64(105)89-26-14-21-49(89)65(106)88-25-13-20-48(88)60(101)82-52/h6-8,15-16,31,35-36,38-42,44-49,52-53,90-91H,5,9-14,17-30,32-34,69-70H2,1-4H3,(H,74,92)(H,75,103)(H,76,98)(H,77,100)(H,78,97)(H,79,96)(H,80,95)(H,81,102)(H,82,101)(H,83,99)(H,93,94)(H,107,108)(H4,71,72,73)/t35-,36+,38-,39-,40-,41-,42-,44-,45-,46-,47-,48-,49-,52-,53-/m0/s1. The van der Waals surface area contributed by atoms with E-state index >= 15 is 24.0 Å². The van der Waals surface area contributed by atoms with Crippen molar-refractivity contribution in [3.8, 4) is 0 Å². The molecule has 6 rings (SSSR count). The summed E-state index contributed by atoms with van der Waals surface area (Å²) < 4.78 is 5.78. The first kappa shape index (κ1) is 90.6. The van der Waals surface area contributed by atoms with Crippen molar-refractivity contribution in [2.24, 2.45) is 33.8 Å². The Morgan fingerprint density at radius 3 is 1.96 bits per heavy atom. The summed E-state index contributed by atoms with van der Waals surface area (Å²) in [6.07, 6.45) is -0.810. The molecule has 0 unspecified atom stereocenters. The van der Waals surface area contributed by atoms with Gasteiger partial charge in [-0.3, -0.25) is 72.1 Å². The number of carbonyl (C=O) groups excluding carboxylic acids is 14. The number of fused-ring (bicyclic) bond motifs is 2. The number of guanidine groups is 1. The number of carboxylic acids is 2. The molecule has 0 saturated carbocycles. The summed E-state index contributed by atoms with van der Waals surface area (Å²) in [4.78, 5) is 234. The van der Waals surface area contributed by atoms with Gasteiger partial charge in [0.05, 0.1) is 45.5 Å². The number of nitrogens with zero attached hydrogens (tertiary/aromatic N) is 7. The molecule has 1 aromatic carbocycles. The molecule has 0 spiro atoms. The highest BCUT2D eigenvalue weighted by atomic mass is 33.1. The van der Waals surface area contributed by atoms with Crippen molar-refractivity contribution in [2.75, 3.05) is 64.5 Å². The smallest absolute Gasteiger partial charge is 0.360 e. The number of carboxylic acid groups (broad SMARTS) is 2. The van der Waals surface area contributed by atoms with Crippen LogP contribution in [0.25, 0.3) is 0 Å². The van der Waals surface area contributed by atoms with Gasteiger partial charge in [0.2, 0.25) is 76.8 Å². The van der Waals surface area contributed by atoms with E-state index < -0.39 is 223 Å². The first-order valence-electron chi connectivity index (χ1n) is 36.7. The van der Waals surface area contributed by atoms with Crippen molar-refractivity contribution < 1.29 is 102 Å². The number of rotatable bonds is 29. The number of hydrogen-bond donors (Lipinski definition) is 18. The first-order chi connectivity index (χ1) is 53.3. The zero-order valence-electron chi connectivity index (χ0n) is 62.6. The number of aliphatic imine (C=N–C) groups is 1. The second kappa shape index (κ2) is 44.7. The third-order valence-corrected chi connectivity index (χ3v) is 21.6. The molecule has 1 aromatic heterocycles. The lowest BCUT2D eigenvalue weighted by Crippen LogP contribution is -2.62. The summed E-state index contributed by atoms with van der Waals surface area (Å²) >= 11 is 0. The SMILES string of the molecule is CC[C@H](C)[C@@H]1NC(=O)[C@@H]2CCCN2C(=O)[C@@H]2CCCN2C(=O)[C@H](Cn2cc(C(=O)OC)nn2)NC(=O)[C@H](CO)NC(=O)[C@H](CCCCN)NC(=O)[C@H]([C@@H](C)O)NC(=O)[C@@H](NC(=O)[C@H](CCCN=C(N)N)NC(=O)CN)CSSC[C@@H](C(=O)N[C@@H](Cc2ccccc2)C(=O)N2CCC[C@H]2C(=O)N[C@@H](CC(=O)O)C(=O)O)NC1=O. The lowest BCUT2D eigenvalue weighted by Gasteiger charge is -2.34. The fraction of sp³-hybridized carbons (Fsp3) is 0.632. The van der Waals surface area contributed by atoms with Gasteiger partial charge < -0.3 is 116 Å². The van der Waals surface area contributed by atoms with Crippen molar-refractivity contribution >= 4 is 122 Å². The van der Waals surface area contributed by atoms with Crippen LogP contribution in [-0.2, 0) is 89.6 Å². The van der Waals surface area contributed by atoms with Crippen LogP contribution in [0.15, 0.2) is 41.5 Å². The number of aliphatic hydroxyl groups is 2. The Balaban J connectivity index is 1.47. The molecule has 44 heteroatoms. The zero-order chi connectivity index (χ0) is 82.5. The Kier molecular flexibility index (Phi) is 36.1. The summed E-state index contributed by atoms with van der Waals surface area (Å²) in [5, 5.41) is 74.2. The summed E-state index contributed by atoms with van der Waals surface area (Å²) in [7, 11) is 2.68. The molecule has 4 aliphatic heterocycles. The van der Waals surface area contributed by atoms with E-state index in [-0.39, 0.29) is 128 Å². The summed E-state index contributed by atoms with van der Waals surface area (Å²) in [5.74, 6) is -18.9. The number of aliphatic carboxylic acids is 2. The van der Waals surface area contributed by atoms with Gasteiger partial charge in [-0.05, 0) is 95.6 Å². The van der Waals surface area contributed by atoms with E-state index in [9.17, 15) is 73.2 Å². The molecule has 0 aliphatic carbocycles. The second-order valence-electron chi connectivity index (χ2n) is 27.3. The molecule has 42 nitrogen and oxygen atoms in total. The van der Waals surface area contributed by atoms with Crippen LogP contribution < -0.4 is 76.1 Å². The number of esters is 1. The van der Waals surface area contributed by atoms with Crippen LogP contribution in [-0.4, -0.2) is 300 Å². The number of hydrogen-bond acceptors (Lipinski definition) is 26. The maximum atomic E-state index is 15.4. The number of aromatic nitrogens is 3. The number of carbonyl (C=O) groups is 16. The maximum Gasteiger partial charge on any atom is 0.360 e. The predicted molar refractivity (Wildman–Crippen MR) is 400 cm³/mol. The quantitative estimate of drug-likeness (QED) is 0.0118. The van der Waals surface area contributed by atoms with Gasteiger partial charge in [-0.25, -0.2) is 14.3 Å². The van der Waals surface area contributed by atoms with Gasteiger partial charge in [0.1, 0.15) is 78.5 Å². The van der Waals surface area contributed by atoms with Gasteiger partial charge in [0.15, 0.2) is 11.7 Å². The highest BCUT2D eigenvalue weighted by Gasteiger charge is 2.47. The van der Waals surface area contributed by atoms with Gasteiger partial charge in [-0.15, -0.1) is 5.10 Å². The molecular weight excluding hydrogens is 1510 g/mol. The van der Waals surface area contributed by atoms with E-state index in [4.69, 9.17) is 27.7 Å². The molecule has 0 radical (unpaired) electrons. The number of likely N-dealkylation sites (tertiary alicyclic amines) is 1. The minimum Gasteiger partial charge on any atom is -0.481 e. The lowest BCUT2D eigenvalue weighted by molar-refractivity contribution is -0.148. The van der Waals surface area contributed by atoms with E-state index in [2.05, 4.69) is 68.5 Å². The average molecular weight is 1610 g/mol. The molecule has 22 N–H and O–H groups in total. The molecule has 5 heterocycles. The number of aliphatic hydroxyl groups excluding tert-OH is 2. The predicted octanol–water partition coefficient (Wildman–Crippen LogP) is -7.36. The second-order valence-corrected chi connectivity index (χ2v) is 29.9. The van der Waals surface area contributed by atoms with E-state index in [0.29, 0.717) is 5.56 Å². The molecule has 2 aromatic rings. The number of nitrogens with one attached hydrogen (secondary N) is 10. The first-order valence-corrected chi connectivity index (χ1v) is 39.2. The fourth-order valence-electron chi connectivity index (χ4n) is 12.9. The van der Waals surface area contributed by atoms with E-state index in [1.807, 2.05) is 0 Å². The van der Waals surface area contributed by atoms with Crippen LogP contribution in [0.2, 0.25) is 0 Å². The van der Waals surface area contributed by atoms with E-state index in [1.54, 1.807) is 44.2 Å². The molecule has 4 aliphatic rings. The van der Waals surface area contributed by atoms with Crippen LogP contribution >= 0.6 is 21.6 Å². The minimum absolute atomic E-state index is 0.00478. The van der Waals surface area contributed by atoms with Crippen molar-refractivity contribution in [2.45, 2.75) is 202 Å². The normalized spacial score (nSPS) is 24.1. The number of unbranched alkanes of at least 4 members (excludes halogenated alkanes) is 1. The number of ether oxygens (including phenoxy) is 1. The molecular formula is C68H103N21O21S2. The topological polar surface area (TPSA) is 640 Å². The maximum absolute atomic E-state index is 15.4. The van der Waals surface area contributed by atoms with Crippen LogP contribution in [0.4, 0.5) is 0 Å². The summed E-state index contributed by atoms with van der Waals surface area (Å²) in [5.41, 5.74) is 22.7. The van der Waals surface area contributed by atoms with Gasteiger partial charge in [-0.1, -0.05) is 77.4 Å². The highest BCUT2D eigenvalue weighted by molar-refractivity contribution is 8.76. The average Bonchev–Trinajstić information content (AvgIpc) is 1.63. The van der Waals surface area contributed by atoms with Gasteiger partial charge in [0.25, 0.3) is 0 Å². The largest absolute Gasteiger partial charge is 0.481 e. The molecule has 15 atom stereocenters. The van der Waals surface area contributed by atoms with Crippen molar-refractivity contribution in [1.29, 1.82) is 0 Å². The molecule has 4 saturated heterocycles. The molecule has 618 valence electrons. The lowest BCUT2D eigenvalue weighted by atomic mass is 9.97. The number of amides is 13. The van der Waals surface area contributed by atoms with E-state index in [0.717, 1.165) is 51.4 Å². The summed E-state index contributed by atoms with van der Waals surface area (Å²) in [6, 6.07) is -12.8. The Morgan fingerprint density at radius 1 is 0.696 bits per heavy atom. The third kappa shape index (κ3) is 26.4. The van der Waals surface area contributed by atoms with Crippen LogP contribution in [0.5, 0.6) is 0 Å². The number of nitrogens with two attached hydrogens (primary N) is 4. The van der Waals surface area contributed by atoms with Crippen LogP contribution in [0.1, 0.15) is 120 Å². The summed E-state index contributed by atoms with van der Waals surface area (Å²) in [6.45, 7) is 2.02. The Hall–Kier alpha value is -10.3. The van der Waals surface area contributed by atoms with Gasteiger partial charge >= 0.3 is 17.9 Å². The number of benzene rings is 1. The Morgan fingerprint density at radius 2 is 1.32 bits per heavy atom. The molecule has 112 heavy (non-hydrogen) atoms. The van der Waals surface area contributed by atoms with Crippen molar-refractivity contribution in [1.82, 2.24) is 82.9 Å². The Bertz CT molecular complexity index is 3710. The number of methoxy groups -OCH3 is 1. The fourth-order valence-corrected chi connectivity index (χ4v) is 15.3. The molecule has 13 amide bonds. The van der Waals surface area contributed by atoms with Crippen LogP contribution in [0, 0.1) is 5.92 Å². The minimum atomic E-state index is -1.98. The monoisotopic (exact) mass is 1610 g/mol. The van der Waals surface area contributed by atoms with Gasteiger partial charge in [-0.2, -0.15) is 0 Å². The Labute approximate surface area is 652 Å². The van der Waals surface area contributed by atoms with Crippen LogP contribution in [0.3, 0.4) is 0 Å².